The van der Waals surface area contributed by atoms with Crippen molar-refractivity contribution in [3.63, 3.8) is 0 Å². The molecule has 192 valence electrons. The average Bonchev–Trinajstić information content (AvgIpc) is 3.46. The van der Waals surface area contributed by atoms with Crippen molar-refractivity contribution in [3.8, 4) is 5.69 Å². The number of carbonyl (C=O) groups is 1. The Labute approximate surface area is 226 Å². The predicted molar refractivity (Wildman–Crippen MR) is 152 cm³/mol. The van der Waals surface area contributed by atoms with Crippen molar-refractivity contribution in [2.75, 3.05) is 18.0 Å². The Morgan fingerprint density at radius 2 is 1.81 bits per heavy atom. The predicted octanol–water partition coefficient (Wildman–Crippen LogP) is 7.39. The number of aromatic nitrogens is 3. The molecule has 0 radical (unpaired) electrons. The fourth-order valence-corrected chi connectivity index (χ4v) is 4.98. The summed E-state index contributed by atoms with van der Waals surface area (Å²) in [5, 5.41) is 7.34. The van der Waals surface area contributed by atoms with E-state index in [9.17, 15) is 4.79 Å². The van der Waals surface area contributed by atoms with E-state index in [0.717, 1.165) is 59.6 Å². The number of H-pyrrole nitrogens is 1. The number of rotatable bonds is 5. The zero-order valence-electron chi connectivity index (χ0n) is 21.2. The molecular formula is C29H30Cl2N4O2. The zero-order valence-corrected chi connectivity index (χ0v) is 22.7. The summed E-state index contributed by atoms with van der Waals surface area (Å²) in [5.41, 5.74) is 3.39. The largest absolute Gasteiger partial charge is 0.460 e. The van der Waals surface area contributed by atoms with E-state index in [0.29, 0.717) is 10.0 Å². The van der Waals surface area contributed by atoms with E-state index in [4.69, 9.17) is 33.0 Å². The highest BCUT2D eigenvalue weighted by Crippen LogP contribution is 2.29. The summed E-state index contributed by atoms with van der Waals surface area (Å²) in [6, 6.07) is 15.5. The van der Waals surface area contributed by atoms with Gasteiger partial charge in [-0.05, 0) is 81.7 Å². The highest BCUT2D eigenvalue weighted by molar-refractivity contribution is 6.31. The summed E-state index contributed by atoms with van der Waals surface area (Å²) in [6.07, 6.45) is 7.56. The highest BCUT2D eigenvalue weighted by Gasteiger charge is 2.30. The molecule has 0 saturated carbocycles. The molecule has 1 aliphatic rings. The van der Waals surface area contributed by atoms with Crippen molar-refractivity contribution >= 4 is 58.0 Å². The van der Waals surface area contributed by atoms with E-state index >= 15 is 0 Å². The number of anilines is 1. The lowest BCUT2D eigenvalue weighted by molar-refractivity contribution is -0.160. The number of esters is 1. The maximum Gasteiger partial charge on any atom is 0.309 e. The summed E-state index contributed by atoms with van der Waals surface area (Å²) in [5.74, 6) is 0.668. The van der Waals surface area contributed by atoms with Crippen LogP contribution >= 0.6 is 23.2 Å². The molecule has 1 N–H and O–H groups in total. The first kappa shape index (κ1) is 25.4. The Morgan fingerprint density at radius 3 is 2.54 bits per heavy atom. The SMILES string of the molecule is CC(C)(C)OC(=O)C1CCN(c2cc(/C=C/c3c[nH]c4ccc(Cl)cc34)n(-c3cccc(Cl)c3)n2)CC1. The number of aromatic amines is 1. The fourth-order valence-electron chi connectivity index (χ4n) is 4.63. The van der Waals surface area contributed by atoms with Crippen molar-refractivity contribution in [3.05, 3.63) is 76.0 Å². The third kappa shape index (κ3) is 5.86. The van der Waals surface area contributed by atoms with E-state index in [1.165, 1.54) is 0 Å². The molecular weight excluding hydrogens is 507 g/mol. The van der Waals surface area contributed by atoms with Crippen LogP contribution in [-0.4, -0.2) is 39.4 Å². The van der Waals surface area contributed by atoms with Crippen LogP contribution in [0.4, 0.5) is 5.82 Å². The maximum atomic E-state index is 12.6. The van der Waals surface area contributed by atoms with Gasteiger partial charge in [0.2, 0.25) is 0 Å². The van der Waals surface area contributed by atoms with Gasteiger partial charge in [-0.3, -0.25) is 4.79 Å². The number of piperidine rings is 1. The molecule has 0 unspecified atom stereocenters. The minimum Gasteiger partial charge on any atom is -0.460 e. The van der Waals surface area contributed by atoms with Gasteiger partial charge < -0.3 is 14.6 Å². The van der Waals surface area contributed by atoms with Gasteiger partial charge in [0.25, 0.3) is 0 Å². The molecule has 0 amide bonds. The summed E-state index contributed by atoms with van der Waals surface area (Å²) in [6.45, 7) is 7.19. The molecule has 0 spiro atoms. The monoisotopic (exact) mass is 536 g/mol. The lowest BCUT2D eigenvalue weighted by Gasteiger charge is -2.32. The summed E-state index contributed by atoms with van der Waals surface area (Å²) >= 11 is 12.5. The van der Waals surface area contributed by atoms with E-state index in [1.54, 1.807) is 0 Å². The minimum atomic E-state index is -0.471. The number of fused-ring (bicyclic) bond motifs is 1. The Kier molecular flexibility index (Phi) is 7.06. The molecule has 2 aromatic carbocycles. The van der Waals surface area contributed by atoms with Gasteiger partial charge >= 0.3 is 5.97 Å². The molecule has 5 rings (SSSR count). The van der Waals surface area contributed by atoms with Crippen LogP contribution in [0.5, 0.6) is 0 Å². The molecule has 0 aliphatic carbocycles. The van der Waals surface area contributed by atoms with Crippen LogP contribution in [0.2, 0.25) is 10.0 Å². The molecule has 37 heavy (non-hydrogen) atoms. The molecule has 4 aromatic rings. The summed E-state index contributed by atoms with van der Waals surface area (Å²) in [7, 11) is 0. The molecule has 1 fully saturated rings. The van der Waals surface area contributed by atoms with Gasteiger partial charge in [0.1, 0.15) is 5.60 Å². The highest BCUT2D eigenvalue weighted by atomic mass is 35.5. The second-order valence-corrected chi connectivity index (χ2v) is 11.3. The second kappa shape index (κ2) is 10.3. The third-order valence-electron chi connectivity index (χ3n) is 6.45. The Bertz CT molecular complexity index is 1460. The Hall–Kier alpha value is -3.22. The van der Waals surface area contributed by atoms with Crippen LogP contribution in [0, 0.1) is 5.92 Å². The third-order valence-corrected chi connectivity index (χ3v) is 6.92. The van der Waals surface area contributed by atoms with Crippen LogP contribution in [0.1, 0.15) is 44.9 Å². The summed E-state index contributed by atoms with van der Waals surface area (Å²) < 4.78 is 7.51. The molecule has 1 aliphatic heterocycles. The molecule has 3 heterocycles. The van der Waals surface area contributed by atoms with Gasteiger partial charge in [-0.25, -0.2) is 4.68 Å². The minimum absolute atomic E-state index is 0.0847. The number of hydrogen-bond acceptors (Lipinski definition) is 4. The van der Waals surface area contributed by atoms with Crippen molar-refractivity contribution in [1.82, 2.24) is 14.8 Å². The van der Waals surface area contributed by atoms with Crippen LogP contribution in [0.3, 0.4) is 0 Å². The van der Waals surface area contributed by atoms with Crippen LogP contribution in [0.25, 0.3) is 28.7 Å². The summed E-state index contributed by atoms with van der Waals surface area (Å²) in [4.78, 5) is 18.1. The molecule has 0 atom stereocenters. The van der Waals surface area contributed by atoms with Gasteiger partial charge in [0.15, 0.2) is 5.82 Å². The smallest absolute Gasteiger partial charge is 0.309 e. The average molecular weight is 537 g/mol. The first-order valence-corrected chi connectivity index (χ1v) is 13.2. The molecule has 0 bridgehead atoms. The number of nitrogens with one attached hydrogen (secondary N) is 1. The van der Waals surface area contributed by atoms with E-state index in [1.807, 2.05) is 80.2 Å². The number of benzene rings is 2. The number of carbonyl (C=O) groups excluding carboxylic acids is 1. The number of hydrogen-bond donors (Lipinski definition) is 1. The Balaban J connectivity index is 1.42. The van der Waals surface area contributed by atoms with Crippen molar-refractivity contribution in [2.45, 2.75) is 39.2 Å². The van der Waals surface area contributed by atoms with Gasteiger partial charge in [0, 0.05) is 46.3 Å². The molecule has 2 aromatic heterocycles. The number of halogens is 2. The van der Waals surface area contributed by atoms with E-state index in [2.05, 4.69) is 22.0 Å². The zero-order chi connectivity index (χ0) is 26.2. The quantitative estimate of drug-likeness (QED) is 0.270. The van der Waals surface area contributed by atoms with Crippen LogP contribution in [-0.2, 0) is 9.53 Å². The van der Waals surface area contributed by atoms with E-state index in [-0.39, 0.29) is 11.9 Å². The van der Waals surface area contributed by atoms with Crippen molar-refractivity contribution in [2.24, 2.45) is 5.92 Å². The van der Waals surface area contributed by atoms with Gasteiger partial charge in [-0.15, -0.1) is 5.10 Å². The Morgan fingerprint density at radius 1 is 1.05 bits per heavy atom. The topological polar surface area (TPSA) is 63.1 Å². The normalized spacial score (nSPS) is 15.1. The van der Waals surface area contributed by atoms with Crippen molar-refractivity contribution < 1.29 is 9.53 Å². The standard InChI is InChI=1S/C29H30Cl2N4O2/c1-29(2,3)37-28(36)19-11-13-34(14-12-19)27-17-24(35(33-27)23-6-4-5-21(30)15-23)9-7-20-18-32-26-10-8-22(31)16-25(20)26/h4-10,15-19,32H,11-14H2,1-3H3/b9-7+. The first-order valence-electron chi connectivity index (χ1n) is 12.4. The van der Waals surface area contributed by atoms with Crippen LogP contribution in [0.15, 0.2) is 54.7 Å². The van der Waals surface area contributed by atoms with Gasteiger partial charge in [-0.1, -0.05) is 35.3 Å². The van der Waals surface area contributed by atoms with Gasteiger partial charge in [-0.2, -0.15) is 0 Å². The maximum absolute atomic E-state index is 12.6. The number of ether oxygens (including phenoxy) is 1. The lowest BCUT2D eigenvalue weighted by Crippen LogP contribution is -2.39. The first-order chi connectivity index (χ1) is 17.7. The lowest BCUT2D eigenvalue weighted by atomic mass is 9.96. The second-order valence-electron chi connectivity index (χ2n) is 10.4. The van der Waals surface area contributed by atoms with E-state index < -0.39 is 5.60 Å². The molecule has 8 heteroatoms. The number of nitrogens with zero attached hydrogens (tertiary/aromatic N) is 3. The fraction of sp³-hybridized carbons (Fsp3) is 0.310. The van der Waals surface area contributed by atoms with Crippen molar-refractivity contribution in [1.29, 1.82) is 0 Å². The molecule has 1 saturated heterocycles. The molecule has 6 nitrogen and oxygen atoms in total. The van der Waals surface area contributed by atoms with Crippen LogP contribution < -0.4 is 4.90 Å². The van der Waals surface area contributed by atoms with Gasteiger partial charge in [0.05, 0.1) is 17.3 Å².